The Morgan fingerprint density at radius 2 is 2.27 bits per heavy atom. The lowest BCUT2D eigenvalue weighted by atomic mass is 9.98. The molecule has 0 aromatic carbocycles. The van der Waals surface area contributed by atoms with E-state index >= 15 is 0 Å². The topological polar surface area (TPSA) is 57.5 Å². The van der Waals surface area contributed by atoms with Gasteiger partial charge in [0.15, 0.2) is 0 Å². The molecule has 2 N–H and O–H groups in total. The summed E-state index contributed by atoms with van der Waals surface area (Å²) in [7, 11) is -2.26. The highest BCUT2D eigenvalue weighted by Gasteiger charge is 2.33. The van der Waals surface area contributed by atoms with Crippen LogP contribution in [0.5, 0.6) is 0 Å². The van der Waals surface area contributed by atoms with Gasteiger partial charge in [-0.05, 0) is 10.6 Å². The predicted molar refractivity (Wildman–Crippen MR) is 42.5 cm³/mol. The lowest BCUT2D eigenvalue weighted by molar-refractivity contribution is 0.115. The maximum atomic E-state index is 10.4. The van der Waals surface area contributed by atoms with E-state index in [-0.39, 0.29) is 6.16 Å². The fraction of sp³-hybridized carbons (Fsp3) is 0.429. The first-order chi connectivity index (χ1) is 5.12. The van der Waals surface area contributed by atoms with E-state index in [0.29, 0.717) is 6.42 Å². The monoisotopic (exact) mass is 173 g/mol. The molecular formula is C7H10O3P+. The molecule has 0 aromatic rings. The van der Waals surface area contributed by atoms with Gasteiger partial charge in [0.2, 0.25) is 6.16 Å². The van der Waals surface area contributed by atoms with Crippen molar-refractivity contribution < 1.29 is 14.6 Å². The summed E-state index contributed by atoms with van der Waals surface area (Å²) in [5.41, 5.74) is -1.10. The highest BCUT2D eigenvalue weighted by molar-refractivity contribution is 7.38. The van der Waals surface area contributed by atoms with E-state index in [1.54, 1.807) is 24.3 Å². The maximum Gasteiger partial charge on any atom is 0.508 e. The molecule has 2 unspecified atom stereocenters. The van der Waals surface area contributed by atoms with Crippen LogP contribution in [0.4, 0.5) is 0 Å². The second-order valence-electron chi connectivity index (χ2n) is 2.61. The number of hydrogen-bond acceptors (Lipinski definition) is 2. The average Bonchev–Trinajstić information content (AvgIpc) is 1.85. The summed E-state index contributed by atoms with van der Waals surface area (Å²) < 4.78 is 10.4. The Labute approximate surface area is 65.9 Å². The van der Waals surface area contributed by atoms with Crippen LogP contribution in [0.3, 0.4) is 0 Å². The molecule has 2 atom stereocenters. The van der Waals surface area contributed by atoms with Crippen molar-refractivity contribution in [1.29, 1.82) is 0 Å². The number of allylic oxidation sites excluding steroid dienone is 2. The predicted octanol–water partition coefficient (Wildman–Crippen LogP) is 0.968. The van der Waals surface area contributed by atoms with Crippen LogP contribution in [0.1, 0.15) is 6.42 Å². The van der Waals surface area contributed by atoms with Gasteiger partial charge in [-0.1, -0.05) is 18.2 Å². The summed E-state index contributed by atoms with van der Waals surface area (Å²) in [4.78, 5) is 8.56. The molecule has 1 aliphatic carbocycles. The van der Waals surface area contributed by atoms with Crippen LogP contribution in [0.2, 0.25) is 0 Å². The van der Waals surface area contributed by atoms with Gasteiger partial charge in [-0.25, -0.2) is 0 Å². The molecule has 1 rings (SSSR count). The second kappa shape index (κ2) is 3.26. The highest BCUT2D eigenvalue weighted by atomic mass is 31.1. The van der Waals surface area contributed by atoms with Crippen molar-refractivity contribution in [2.45, 2.75) is 12.0 Å². The summed E-state index contributed by atoms with van der Waals surface area (Å²) in [5.74, 6) is 0. The van der Waals surface area contributed by atoms with Crippen molar-refractivity contribution in [1.82, 2.24) is 0 Å². The van der Waals surface area contributed by atoms with Crippen molar-refractivity contribution in [3.63, 3.8) is 0 Å². The van der Waals surface area contributed by atoms with E-state index in [0.717, 1.165) is 0 Å². The van der Waals surface area contributed by atoms with Crippen molar-refractivity contribution in [3.05, 3.63) is 24.3 Å². The largest absolute Gasteiger partial charge is 0.508 e. The number of hydrogen-bond donors (Lipinski definition) is 2. The van der Waals surface area contributed by atoms with E-state index in [4.69, 9.17) is 4.89 Å². The van der Waals surface area contributed by atoms with Crippen molar-refractivity contribution in [2.24, 2.45) is 0 Å². The zero-order chi connectivity index (χ0) is 8.32. The van der Waals surface area contributed by atoms with Crippen LogP contribution >= 0.6 is 8.03 Å². The molecule has 11 heavy (non-hydrogen) atoms. The standard InChI is InChI=1S/C7H9O3P/c8-7(6-11(9)10)4-2-1-3-5-7/h1-4,8H,5-6H2/p+1. The third-order valence-electron chi connectivity index (χ3n) is 1.53. The maximum absolute atomic E-state index is 10.4. The van der Waals surface area contributed by atoms with Gasteiger partial charge in [-0.3, -0.25) is 0 Å². The molecule has 3 nitrogen and oxygen atoms in total. The lowest BCUT2D eigenvalue weighted by Crippen LogP contribution is -2.29. The highest BCUT2D eigenvalue weighted by Crippen LogP contribution is 2.27. The zero-order valence-electron chi connectivity index (χ0n) is 5.97. The van der Waals surface area contributed by atoms with Crippen LogP contribution in [0.15, 0.2) is 24.3 Å². The Kier molecular flexibility index (Phi) is 2.55. The Hall–Kier alpha value is -0.500. The first kappa shape index (κ1) is 8.60. The van der Waals surface area contributed by atoms with Gasteiger partial charge in [-0.2, -0.15) is 4.89 Å². The SMILES string of the molecule is O=[P+](O)CC1(O)C=CC=CC1. The minimum Gasteiger partial charge on any atom is -0.381 e. The molecule has 0 fully saturated rings. The van der Waals surface area contributed by atoms with Crippen LogP contribution in [-0.2, 0) is 4.57 Å². The zero-order valence-corrected chi connectivity index (χ0v) is 6.87. The molecule has 0 radical (unpaired) electrons. The number of rotatable bonds is 2. The van der Waals surface area contributed by atoms with E-state index in [1.807, 2.05) is 0 Å². The molecule has 0 spiro atoms. The van der Waals surface area contributed by atoms with Crippen molar-refractivity contribution >= 4 is 8.03 Å². The third-order valence-corrected chi connectivity index (χ3v) is 2.35. The molecule has 4 heteroatoms. The van der Waals surface area contributed by atoms with E-state index in [2.05, 4.69) is 0 Å². The van der Waals surface area contributed by atoms with E-state index < -0.39 is 13.6 Å². The van der Waals surface area contributed by atoms with Gasteiger partial charge in [0.25, 0.3) is 0 Å². The van der Waals surface area contributed by atoms with Crippen LogP contribution in [0.25, 0.3) is 0 Å². The molecule has 0 amide bonds. The van der Waals surface area contributed by atoms with Crippen LogP contribution < -0.4 is 0 Å². The Morgan fingerprint density at radius 1 is 1.55 bits per heavy atom. The van der Waals surface area contributed by atoms with Gasteiger partial charge < -0.3 is 5.11 Å². The molecule has 0 aliphatic heterocycles. The van der Waals surface area contributed by atoms with Crippen molar-refractivity contribution in [2.75, 3.05) is 6.16 Å². The van der Waals surface area contributed by atoms with Gasteiger partial charge >= 0.3 is 8.03 Å². The minimum absolute atomic E-state index is 0.0802. The van der Waals surface area contributed by atoms with Gasteiger partial charge in [0, 0.05) is 6.42 Å². The minimum atomic E-state index is -2.26. The average molecular weight is 173 g/mol. The quantitative estimate of drug-likeness (QED) is 0.611. The first-order valence-corrected chi connectivity index (χ1v) is 4.72. The molecule has 0 saturated carbocycles. The van der Waals surface area contributed by atoms with E-state index in [1.165, 1.54) is 0 Å². The normalized spacial score (nSPS) is 30.5. The molecule has 0 bridgehead atoms. The Morgan fingerprint density at radius 3 is 2.73 bits per heavy atom. The van der Waals surface area contributed by atoms with Crippen LogP contribution in [0, 0.1) is 0 Å². The third kappa shape index (κ3) is 2.54. The van der Waals surface area contributed by atoms with Gasteiger partial charge in [0.1, 0.15) is 5.60 Å². The fourth-order valence-electron chi connectivity index (χ4n) is 1.00. The summed E-state index contributed by atoms with van der Waals surface area (Å²) >= 11 is 0. The summed E-state index contributed by atoms with van der Waals surface area (Å²) in [6, 6.07) is 0. The summed E-state index contributed by atoms with van der Waals surface area (Å²) in [6.45, 7) is 0. The second-order valence-corrected chi connectivity index (χ2v) is 3.63. The van der Waals surface area contributed by atoms with Crippen LogP contribution in [-0.4, -0.2) is 21.8 Å². The summed E-state index contributed by atoms with van der Waals surface area (Å²) in [6.07, 6.45) is 7.16. The van der Waals surface area contributed by atoms with Gasteiger partial charge in [0.05, 0.1) is 0 Å². The Bertz CT molecular complexity index is 222. The Balaban J connectivity index is 2.61. The fourth-order valence-corrected chi connectivity index (χ4v) is 1.71. The lowest BCUT2D eigenvalue weighted by Gasteiger charge is -2.18. The molecular weight excluding hydrogens is 163 g/mol. The number of aliphatic hydroxyl groups is 1. The van der Waals surface area contributed by atoms with Gasteiger partial charge in [-0.15, -0.1) is 0 Å². The molecule has 0 saturated heterocycles. The van der Waals surface area contributed by atoms with Crippen molar-refractivity contribution in [3.8, 4) is 0 Å². The first-order valence-electron chi connectivity index (χ1n) is 3.33. The van der Waals surface area contributed by atoms with E-state index in [9.17, 15) is 9.67 Å². The molecule has 1 aliphatic rings. The smallest absolute Gasteiger partial charge is 0.381 e. The molecule has 60 valence electrons. The molecule has 0 heterocycles. The molecule has 0 aromatic heterocycles. The summed E-state index contributed by atoms with van der Waals surface area (Å²) in [5, 5.41) is 9.56.